The first-order valence-corrected chi connectivity index (χ1v) is 3.45. The molecule has 0 radical (unpaired) electrons. The van der Waals surface area contributed by atoms with E-state index < -0.39 is 9.84 Å². The van der Waals surface area contributed by atoms with Crippen molar-refractivity contribution < 1.29 is 8.42 Å². The molecule has 0 aromatic rings. The van der Waals surface area contributed by atoms with Crippen molar-refractivity contribution in [3.8, 4) is 0 Å². The molecule has 0 rings (SSSR count). The van der Waals surface area contributed by atoms with E-state index in [1.165, 1.54) is 0 Å². The van der Waals surface area contributed by atoms with Crippen LogP contribution in [0.5, 0.6) is 0 Å². The lowest BCUT2D eigenvalue weighted by atomic mass is 11.9. The van der Waals surface area contributed by atoms with Gasteiger partial charge in [0.15, 0.2) is 0 Å². The first-order valence-electron chi connectivity index (χ1n) is 1.15. The van der Waals surface area contributed by atoms with E-state index in [9.17, 15) is 8.42 Å². The van der Waals surface area contributed by atoms with Crippen LogP contribution in [0.3, 0.4) is 0 Å². The molecule has 0 aliphatic rings. The summed E-state index contributed by atoms with van der Waals surface area (Å²) in [5.41, 5.74) is 0. The average molecular weight is 110 g/mol. The zero-order valence-electron chi connectivity index (χ0n) is 3.22. The monoisotopic (exact) mass is 110 g/mol. The van der Waals surface area contributed by atoms with Crippen molar-refractivity contribution in [1.82, 2.24) is 0 Å². The van der Waals surface area contributed by atoms with Crippen LogP contribution >= 0.6 is 0 Å². The summed E-state index contributed by atoms with van der Waals surface area (Å²) in [4.78, 5) is 0. The van der Waals surface area contributed by atoms with Gasteiger partial charge in [0.1, 0.15) is 9.84 Å². The van der Waals surface area contributed by atoms with E-state index >= 15 is 0 Å². The average Bonchev–Trinajstić information content (AvgIpc) is 0.722. The second-order valence-corrected chi connectivity index (χ2v) is 3.43. The Labute approximate surface area is 39.1 Å². The van der Waals surface area contributed by atoms with Crippen LogP contribution in [0.2, 0.25) is 0 Å². The minimum atomic E-state index is -2.67. The fraction of sp³-hybridized carbons (Fsp3) is 1.00. The maximum absolute atomic E-state index is 9.63. The zero-order valence-corrected chi connectivity index (χ0v) is 4.04. The fourth-order valence-corrected chi connectivity index (χ4v) is 0. The van der Waals surface area contributed by atoms with Crippen molar-refractivity contribution in [2.45, 2.75) is 7.43 Å². The lowest BCUT2D eigenvalue weighted by molar-refractivity contribution is 0.607. The predicted octanol–water partition coefficient (Wildman–Crippen LogP) is 0.297. The van der Waals surface area contributed by atoms with Crippen LogP contribution in [-0.2, 0) is 9.84 Å². The van der Waals surface area contributed by atoms with Crippen molar-refractivity contribution in [1.29, 1.82) is 0 Å². The van der Waals surface area contributed by atoms with Crippen molar-refractivity contribution in [3.05, 3.63) is 0 Å². The molecule has 0 aliphatic carbocycles. The summed E-state index contributed by atoms with van der Waals surface area (Å²) in [6.07, 6.45) is 2.32. The van der Waals surface area contributed by atoms with Gasteiger partial charge in [0.2, 0.25) is 0 Å². The Bertz CT molecular complexity index is 92.0. The van der Waals surface area contributed by atoms with Crippen LogP contribution in [-0.4, -0.2) is 20.9 Å². The summed E-state index contributed by atoms with van der Waals surface area (Å²) >= 11 is 0. The van der Waals surface area contributed by atoms with Gasteiger partial charge in [-0.2, -0.15) is 0 Å². The minimum absolute atomic E-state index is 0. The van der Waals surface area contributed by atoms with E-state index in [1.807, 2.05) is 0 Å². The standard InChI is InChI=1S/C2H6O2S.CH4/c1-5(2,3)4;/h1-2H3;1H4. The van der Waals surface area contributed by atoms with Crippen molar-refractivity contribution in [3.63, 3.8) is 0 Å². The van der Waals surface area contributed by atoms with Gasteiger partial charge in [-0.25, -0.2) is 8.42 Å². The molecule has 0 atom stereocenters. The van der Waals surface area contributed by atoms with Gasteiger partial charge in [0.05, 0.1) is 0 Å². The van der Waals surface area contributed by atoms with Crippen LogP contribution in [0.15, 0.2) is 0 Å². The highest BCUT2D eigenvalue weighted by molar-refractivity contribution is 7.89. The highest BCUT2D eigenvalue weighted by atomic mass is 32.2. The van der Waals surface area contributed by atoms with Gasteiger partial charge < -0.3 is 0 Å². The molecule has 6 heavy (non-hydrogen) atoms. The van der Waals surface area contributed by atoms with Gasteiger partial charge in [0.25, 0.3) is 0 Å². The molecule has 40 valence electrons. The fourth-order valence-electron chi connectivity index (χ4n) is 0. The molecule has 0 bridgehead atoms. The second kappa shape index (κ2) is 2.18. The number of hydrogen-bond donors (Lipinski definition) is 0. The van der Waals surface area contributed by atoms with E-state index in [1.54, 1.807) is 0 Å². The molecule has 0 heterocycles. The van der Waals surface area contributed by atoms with Gasteiger partial charge in [-0.05, 0) is 0 Å². The zero-order chi connectivity index (χ0) is 4.50. The normalized spacial score (nSPS) is 9.67. The molecule has 0 spiro atoms. The molecule has 0 N–H and O–H groups in total. The maximum atomic E-state index is 9.63. The number of hydrogen-bond acceptors (Lipinski definition) is 2. The largest absolute Gasteiger partial charge is 0.229 e. The van der Waals surface area contributed by atoms with Crippen molar-refractivity contribution >= 4 is 9.84 Å². The minimum Gasteiger partial charge on any atom is -0.229 e. The van der Waals surface area contributed by atoms with Crippen molar-refractivity contribution in [2.24, 2.45) is 0 Å². The van der Waals surface area contributed by atoms with Gasteiger partial charge in [0, 0.05) is 12.5 Å². The van der Waals surface area contributed by atoms with Crippen LogP contribution in [0.4, 0.5) is 0 Å². The summed E-state index contributed by atoms with van der Waals surface area (Å²) in [7, 11) is -2.67. The molecular weight excluding hydrogens is 100 g/mol. The molecule has 0 fully saturated rings. The summed E-state index contributed by atoms with van der Waals surface area (Å²) in [5.74, 6) is 0. The third-order valence-electron chi connectivity index (χ3n) is 0. The summed E-state index contributed by atoms with van der Waals surface area (Å²) in [6, 6.07) is 0. The van der Waals surface area contributed by atoms with Gasteiger partial charge in [-0.15, -0.1) is 0 Å². The van der Waals surface area contributed by atoms with Crippen LogP contribution in [0, 0.1) is 0 Å². The molecule has 0 saturated heterocycles. The number of sulfone groups is 1. The quantitative estimate of drug-likeness (QED) is 0.449. The van der Waals surface area contributed by atoms with Gasteiger partial charge in [-0.1, -0.05) is 7.43 Å². The summed E-state index contributed by atoms with van der Waals surface area (Å²) < 4.78 is 19.3. The van der Waals surface area contributed by atoms with E-state index in [0.29, 0.717) is 0 Å². The third kappa shape index (κ3) is 13700. The van der Waals surface area contributed by atoms with Crippen LogP contribution in [0.25, 0.3) is 0 Å². The van der Waals surface area contributed by atoms with Crippen LogP contribution in [0.1, 0.15) is 7.43 Å². The highest BCUT2D eigenvalue weighted by Crippen LogP contribution is 1.61. The molecule has 0 amide bonds. The van der Waals surface area contributed by atoms with E-state index in [2.05, 4.69) is 0 Å². The first-order chi connectivity index (χ1) is 2.00. The van der Waals surface area contributed by atoms with Gasteiger partial charge >= 0.3 is 0 Å². The molecule has 0 saturated carbocycles. The molecule has 0 aromatic carbocycles. The Morgan fingerprint density at radius 3 is 1.17 bits per heavy atom. The topological polar surface area (TPSA) is 34.1 Å². The maximum Gasteiger partial charge on any atom is 0.144 e. The Balaban J connectivity index is 0. The van der Waals surface area contributed by atoms with E-state index in [0.717, 1.165) is 12.5 Å². The predicted molar refractivity (Wildman–Crippen MR) is 27.5 cm³/mol. The Hall–Kier alpha value is -0.0500. The highest BCUT2D eigenvalue weighted by Gasteiger charge is 1.79. The Morgan fingerprint density at radius 1 is 1.17 bits per heavy atom. The molecule has 3 heteroatoms. The lowest BCUT2D eigenvalue weighted by Crippen LogP contribution is -1.86. The molecular formula is C3H10O2S. The second-order valence-electron chi connectivity index (χ2n) is 1.14. The first kappa shape index (κ1) is 9.34. The molecule has 0 aromatic heterocycles. The lowest BCUT2D eigenvalue weighted by Gasteiger charge is -1.69. The molecule has 2 nitrogen and oxygen atoms in total. The van der Waals surface area contributed by atoms with E-state index in [-0.39, 0.29) is 7.43 Å². The third-order valence-corrected chi connectivity index (χ3v) is 0. The SMILES string of the molecule is C.CS(C)(=O)=O. The smallest absolute Gasteiger partial charge is 0.144 e. The summed E-state index contributed by atoms with van der Waals surface area (Å²) in [6.45, 7) is 0. The van der Waals surface area contributed by atoms with E-state index in [4.69, 9.17) is 0 Å². The van der Waals surface area contributed by atoms with Gasteiger partial charge in [-0.3, -0.25) is 0 Å². The van der Waals surface area contributed by atoms with Crippen LogP contribution < -0.4 is 0 Å². The Morgan fingerprint density at radius 2 is 1.17 bits per heavy atom. The van der Waals surface area contributed by atoms with Crippen molar-refractivity contribution in [2.75, 3.05) is 12.5 Å². The molecule has 0 unspecified atom stereocenters. The number of rotatable bonds is 0. The molecule has 0 aliphatic heterocycles. The Kier molecular flexibility index (Phi) is 3.40. The summed E-state index contributed by atoms with van der Waals surface area (Å²) in [5, 5.41) is 0.